The Bertz CT molecular complexity index is 375. The second-order valence-electron chi connectivity index (χ2n) is 3.50. The van der Waals surface area contributed by atoms with Gasteiger partial charge in [-0.15, -0.1) is 0 Å². The Kier molecular flexibility index (Phi) is 2.67. The predicted octanol–water partition coefficient (Wildman–Crippen LogP) is 0.840. The minimum Gasteiger partial charge on any atom is -0.273 e. The minimum atomic E-state index is -0.0921. The Morgan fingerprint density at radius 3 is 2.60 bits per heavy atom. The number of carbonyl (C=O) groups excluding carboxylic acids is 2. The molecular formula is C11H12N2O2. The van der Waals surface area contributed by atoms with Gasteiger partial charge in [0.25, 0.3) is 0 Å². The van der Waals surface area contributed by atoms with Gasteiger partial charge in [-0.25, -0.2) is 5.01 Å². The maximum atomic E-state index is 11.5. The standard InChI is InChI=1S/C11H12N2O2/c14-10-6-7-11(15)13(12-10)8-9-4-2-1-3-5-9/h1-5H,6-8H2,(H,12,14). The zero-order valence-electron chi connectivity index (χ0n) is 8.27. The molecule has 4 heteroatoms. The van der Waals surface area contributed by atoms with E-state index in [2.05, 4.69) is 5.43 Å². The van der Waals surface area contributed by atoms with Crippen LogP contribution in [0.3, 0.4) is 0 Å². The fraction of sp³-hybridized carbons (Fsp3) is 0.273. The summed E-state index contributed by atoms with van der Waals surface area (Å²) in [5, 5.41) is 1.38. The highest BCUT2D eigenvalue weighted by atomic mass is 16.2. The molecule has 0 spiro atoms. The molecule has 0 aromatic heterocycles. The lowest BCUT2D eigenvalue weighted by atomic mass is 10.2. The molecule has 2 rings (SSSR count). The summed E-state index contributed by atoms with van der Waals surface area (Å²) in [6, 6.07) is 9.58. The van der Waals surface area contributed by atoms with E-state index in [9.17, 15) is 9.59 Å². The monoisotopic (exact) mass is 204 g/mol. The number of rotatable bonds is 2. The van der Waals surface area contributed by atoms with Crippen LogP contribution in [0.1, 0.15) is 18.4 Å². The summed E-state index contributed by atoms with van der Waals surface area (Å²) in [4.78, 5) is 22.6. The van der Waals surface area contributed by atoms with E-state index in [0.717, 1.165) is 5.56 Å². The van der Waals surface area contributed by atoms with Crippen LogP contribution in [0.4, 0.5) is 0 Å². The Hall–Kier alpha value is -1.84. The molecule has 1 aromatic carbocycles. The number of amides is 2. The molecule has 0 radical (unpaired) electrons. The van der Waals surface area contributed by atoms with Crippen LogP contribution in [0.25, 0.3) is 0 Å². The van der Waals surface area contributed by atoms with Crippen LogP contribution in [0.15, 0.2) is 30.3 Å². The van der Waals surface area contributed by atoms with E-state index < -0.39 is 0 Å². The smallest absolute Gasteiger partial charge is 0.241 e. The maximum absolute atomic E-state index is 11.5. The molecule has 0 unspecified atom stereocenters. The topological polar surface area (TPSA) is 49.4 Å². The van der Waals surface area contributed by atoms with E-state index in [0.29, 0.717) is 19.4 Å². The molecule has 1 saturated heterocycles. The number of nitrogens with zero attached hydrogens (tertiary/aromatic N) is 1. The van der Waals surface area contributed by atoms with E-state index in [-0.39, 0.29) is 11.8 Å². The van der Waals surface area contributed by atoms with Gasteiger partial charge in [-0.05, 0) is 5.56 Å². The molecule has 1 N–H and O–H groups in total. The largest absolute Gasteiger partial charge is 0.273 e. The molecule has 15 heavy (non-hydrogen) atoms. The molecule has 0 bridgehead atoms. The van der Waals surface area contributed by atoms with E-state index >= 15 is 0 Å². The molecule has 1 aliphatic heterocycles. The number of nitrogens with one attached hydrogen (secondary N) is 1. The third kappa shape index (κ3) is 2.34. The van der Waals surface area contributed by atoms with Crippen molar-refractivity contribution in [3.05, 3.63) is 35.9 Å². The van der Waals surface area contributed by atoms with Gasteiger partial charge in [0.05, 0.1) is 6.54 Å². The fourth-order valence-corrected chi connectivity index (χ4v) is 1.52. The van der Waals surface area contributed by atoms with Gasteiger partial charge in [-0.3, -0.25) is 15.0 Å². The van der Waals surface area contributed by atoms with Gasteiger partial charge in [0, 0.05) is 12.8 Å². The van der Waals surface area contributed by atoms with Crippen LogP contribution in [0, 0.1) is 0 Å². The summed E-state index contributed by atoms with van der Waals surface area (Å²) >= 11 is 0. The van der Waals surface area contributed by atoms with Gasteiger partial charge in [0.2, 0.25) is 11.8 Å². The normalized spacial score (nSPS) is 16.4. The number of benzene rings is 1. The minimum absolute atomic E-state index is 0.0292. The maximum Gasteiger partial charge on any atom is 0.241 e. The third-order valence-electron chi connectivity index (χ3n) is 2.31. The molecule has 0 atom stereocenters. The number of hydrazine groups is 1. The number of carbonyl (C=O) groups is 2. The molecule has 78 valence electrons. The molecule has 1 aromatic rings. The molecule has 1 fully saturated rings. The van der Waals surface area contributed by atoms with Gasteiger partial charge in [0.1, 0.15) is 0 Å². The third-order valence-corrected chi connectivity index (χ3v) is 2.31. The van der Waals surface area contributed by atoms with Crippen molar-refractivity contribution < 1.29 is 9.59 Å². The highest BCUT2D eigenvalue weighted by molar-refractivity contribution is 5.89. The van der Waals surface area contributed by atoms with E-state index in [1.54, 1.807) is 0 Å². The highest BCUT2D eigenvalue weighted by Crippen LogP contribution is 2.08. The Labute approximate surface area is 87.9 Å². The zero-order valence-corrected chi connectivity index (χ0v) is 8.27. The van der Waals surface area contributed by atoms with Crippen LogP contribution in [-0.4, -0.2) is 16.8 Å². The molecular weight excluding hydrogens is 192 g/mol. The van der Waals surface area contributed by atoms with Crippen molar-refractivity contribution in [3.63, 3.8) is 0 Å². The van der Waals surface area contributed by atoms with E-state index in [1.807, 2.05) is 30.3 Å². The van der Waals surface area contributed by atoms with Gasteiger partial charge in [-0.2, -0.15) is 0 Å². The molecule has 1 aliphatic rings. The average molecular weight is 204 g/mol. The van der Waals surface area contributed by atoms with Crippen LogP contribution in [0.2, 0.25) is 0 Å². The quantitative estimate of drug-likeness (QED) is 0.776. The van der Waals surface area contributed by atoms with Crippen LogP contribution in [-0.2, 0) is 16.1 Å². The lowest BCUT2D eigenvalue weighted by molar-refractivity contribution is -0.147. The first-order valence-electron chi connectivity index (χ1n) is 4.89. The van der Waals surface area contributed by atoms with Crippen molar-refractivity contribution in [1.29, 1.82) is 0 Å². The van der Waals surface area contributed by atoms with Gasteiger partial charge in [0.15, 0.2) is 0 Å². The summed E-state index contributed by atoms with van der Waals surface area (Å²) in [6.45, 7) is 0.436. The lowest BCUT2D eigenvalue weighted by Gasteiger charge is -2.27. The lowest BCUT2D eigenvalue weighted by Crippen LogP contribution is -2.49. The Morgan fingerprint density at radius 1 is 1.13 bits per heavy atom. The van der Waals surface area contributed by atoms with Gasteiger partial charge >= 0.3 is 0 Å². The molecule has 1 heterocycles. The summed E-state index contributed by atoms with van der Waals surface area (Å²) in [6.07, 6.45) is 0.600. The van der Waals surface area contributed by atoms with Crippen molar-refractivity contribution >= 4 is 11.8 Å². The second kappa shape index (κ2) is 4.13. The number of hydrogen-bond donors (Lipinski definition) is 1. The fourth-order valence-electron chi connectivity index (χ4n) is 1.52. The highest BCUT2D eigenvalue weighted by Gasteiger charge is 2.22. The van der Waals surface area contributed by atoms with Crippen molar-refractivity contribution in [1.82, 2.24) is 10.4 Å². The second-order valence-corrected chi connectivity index (χ2v) is 3.50. The Morgan fingerprint density at radius 2 is 1.87 bits per heavy atom. The van der Waals surface area contributed by atoms with Gasteiger partial charge in [-0.1, -0.05) is 30.3 Å². The van der Waals surface area contributed by atoms with Crippen molar-refractivity contribution in [2.24, 2.45) is 0 Å². The Balaban J connectivity index is 2.05. The predicted molar refractivity (Wildman–Crippen MR) is 54.4 cm³/mol. The molecule has 0 aliphatic carbocycles. The molecule has 2 amide bonds. The first-order chi connectivity index (χ1) is 7.25. The van der Waals surface area contributed by atoms with Crippen LogP contribution in [0.5, 0.6) is 0 Å². The molecule has 0 saturated carbocycles. The average Bonchev–Trinajstić information content (AvgIpc) is 2.25. The van der Waals surface area contributed by atoms with Gasteiger partial charge < -0.3 is 0 Å². The summed E-state index contributed by atoms with van der Waals surface area (Å²) in [5.74, 6) is -0.121. The zero-order chi connectivity index (χ0) is 10.7. The van der Waals surface area contributed by atoms with Crippen LogP contribution < -0.4 is 5.43 Å². The van der Waals surface area contributed by atoms with Crippen molar-refractivity contribution in [2.75, 3.05) is 0 Å². The summed E-state index contributed by atoms with van der Waals surface area (Å²) < 4.78 is 0. The van der Waals surface area contributed by atoms with E-state index in [1.165, 1.54) is 5.01 Å². The van der Waals surface area contributed by atoms with Crippen LogP contribution >= 0.6 is 0 Å². The number of hydrogen-bond acceptors (Lipinski definition) is 2. The van der Waals surface area contributed by atoms with Crippen molar-refractivity contribution in [2.45, 2.75) is 19.4 Å². The first kappa shape index (κ1) is 9.71. The SMILES string of the molecule is O=C1CCC(=O)N(Cc2ccccc2)N1. The van der Waals surface area contributed by atoms with E-state index in [4.69, 9.17) is 0 Å². The van der Waals surface area contributed by atoms with Crippen molar-refractivity contribution in [3.8, 4) is 0 Å². The summed E-state index contributed by atoms with van der Waals surface area (Å²) in [5.41, 5.74) is 3.57. The summed E-state index contributed by atoms with van der Waals surface area (Å²) in [7, 11) is 0. The first-order valence-corrected chi connectivity index (χ1v) is 4.89. The molecule has 4 nitrogen and oxygen atoms in total.